The van der Waals surface area contributed by atoms with Crippen LogP contribution in [0.4, 0.5) is 21.5 Å². The zero-order chi connectivity index (χ0) is 21.7. The van der Waals surface area contributed by atoms with Crippen LogP contribution < -0.4 is 21.1 Å². The number of nitrogens with zero attached hydrogens (tertiary/aromatic N) is 1. The van der Waals surface area contributed by atoms with Crippen molar-refractivity contribution in [2.45, 2.75) is 12.5 Å². The lowest BCUT2D eigenvalue weighted by atomic mass is 10.1. The minimum absolute atomic E-state index is 0.0408. The number of rotatable bonds is 8. The largest absolute Gasteiger partial charge is 0.486 e. The molecule has 1 fully saturated rings. The summed E-state index contributed by atoms with van der Waals surface area (Å²) >= 11 is 3.24. The number of benzene rings is 2. The maximum Gasteiger partial charge on any atom is 0.150 e. The monoisotopic (exact) mass is 474 g/mol. The Kier molecular flexibility index (Phi) is 7.12. The molecule has 0 radical (unpaired) electrons. The van der Waals surface area contributed by atoms with Gasteiger partial charge in [0.05, 0.1) is 18.9 Å². The minimum Gasteiger partial charge on any atom is -0.486 e. The zero-order valence-corrected chi connectivity index (χ0v) is 18.3. The summed E-state index contributed by atoms with van der Waals surface area (Å²) in [7, 11) is 1.77. The maximum absolute atomic E-state index is 14.2. The predicted molar refractivity (Wildman–Crippen MR) is 123 cm³/mol. The van der Waals surface area contributed by atoms with E-state index in [0.29, 0.717) is 46.1 Å². The molecular formula is C22H24BrFN4O2. The molecular weight excluding hydrogens is 451 g/mol. The van der Waals surface area contributed by atoms with E-state index in [2.05, 4.69) is 44.7 Å². The highest BCUT2D eigenvalue weighted by molar-refractivity contribution is 9.10. The fraction of sp³-hybridized carbons (Fsp3) is 0.227. The van der Waals surface area contributed by atoms with E-state index in [9.17, 15) is 4.39 Å². The van der Waals surface area contributed by atoms with E-state index in [1.165, 1.54) is 6.07 Å². The Labute approximate surface area is 183 Å². The zero-order valence-electron chi connectivity index (χ0n) is 16.7. The first-order valence-corrected chi connectivity index (χ1v) is 10.2. The Bertz CT molecular complexity index is 987. The lowest BCUT2D eigenvalue weighted by Crippen LogP contribution is -2.19. The number of halogens is 2. The van der Waals surface area contributed by atoms with Gasteiger partial charge in [-0.25, -0.2) is 9.38 Å². The summed E-state index contributed by atoms with van der Waals surface area (Å²) in [6.07, 6.45) is 2.37. The number of hydrogen-bond donors (Lipinski definition) is 3. The molecule has 0 amide bonds. The van der Waals surface area contributed by atoms with Gasteiger partial charge in [0.2, 0.25) is 0 Å². The molecule has 0 bridgehead atoms. The number of aliphatic imine (C=N–C) groups is 1. The smallest absolute Gasteiger partial charge is 0.150 e. The van der Waals surface area contributed by atoms with Gasteiger partial charge < -0.3 is 25.8 Å². The lowest BCUT2D eigenvalue weighted by molar-refractivity contribution is 0.142. The van der Waals surface area contributed by atoms with Crippen molar-refractivity contribution in [3.63, 3.8) is 0 Å². The summed E-state index contributed by atoms with van der Waals surface area (Å²) < 4.78 is 26.4. The molecule has 1 aliphatic heterocycles. The second-order valence-corrected chi connectivity index (χ2v) is 7.61. The molecule has 0 saturated carbocycles. The average Bonchev–Trinajstić information content (AvgIpc) is 3.23. The number of anilines is 2. The highest BCUT2D eigenvalue weighted by atomic mass is 79.9. The Hall–Kier alpha value is -2.84. The van der Waals surface area contributed by atoms with Crippen LogP contribution in [-0.2, 0) is 4.74 Å². The molecule has 1 atom stereocenters. The van der Waals surface area contributed by atoms with E-state index in [1.807, 2.05) is 6.07 Å². The molecule has 6 nitrogen and oxygen atoms in total. The Morgan fingerprint density at radius 2 is 2.17 bits per heavy atom. The molecule has 158 valence electrons. The first-order valence-electron chi connectivity index (χ1n) is 9.39. The van der Waals surface area contributed by atoms with Crippen molar-refractivity contribution in [3.8, 4) is 5.75 Å². The quantitative estimate of drug-likeness (QED) is 0.286. The van der Waals surface area contributed by atoms with Crippen molar-refractivity contribution in [2.75, 3.05) is 30.9 Å². The maximum atomic E-state index is 14.2. The third-order valence-electron chi connectivity index (χ3n) is 4.54. The minimum atomic E-state index is -0.474. The summed E-state index contributed by atoms with van der Waals surface area (Å²) in [5.41, 5.74) is 8.93. The van der Waals surface area contributed by atoms with Gasteiger partial charge in [0.1, 0.15) is 29.2 Å². The number of nitrogens with one attached hydrogen (secondary N) is 2. The number of hydrogen-bond acceptors (Lipinski definition) is 5. The number of allylic oxidation sites excluding steroid dienone is 1. The summed E-state index contributed by atoms with van der Waals surface area (Å²) in [6.45, 7) is 8.83. The first kappa shape index (κ1) is 21.9. The van der Waals surface area contributed by atoms with Gasteiger partial charge in [0, 0.05) is 41.0 Å². The third-order valence-corrected chi connectivity index (χ3v) is 5.03. The number of ether oxygens (including phenoxy) is 2. The van der Waals surface area contributed by atoms with Gasteiger partial charge in [0.25, 0.3) is 0 Å². The van der Waals surface area contributed by atoms with Gasteiger partial charge in [-0.1, -0.05) is 29.1 Å². The SMILES string of the molecule is C=CC(=C)Nc1cc(C(N)=Nc2ccc(Br)cc2F)c(NC)cc1O[C@@H]1CCOC1. The molecule has 2 aromatic rings. The first-order chi connectivity index (χ1) is 14.4. The van der Waals surface area contributed by atoms with Crippen molar-refractivity contribution < 1.29 is 13.9 Å². The molecule has 0 aromatic heterocycles. The summed E-state index contributed by atoms with van der Waals surface area (Å²) in [5, 5.41) is 6.27. The van der Waals surface area contributed by atoms with E-state index >= 15 is 0 Å². The Morgan fingerprint density at radius 3 is 2.80 bits per heavy atom. The third kappa shape index (κ3) is 5.20. The van der Waals surface area contributed by atoms with E-state index in [0.717, 1.165) is 6.42 Å². The fourth-order valence-corrected chi connectivity index (χ4v) is 3.30. The van der Waals surface area contributed by atoms with Crippen LogP contribution in [0.1, 0.15) is 12.0 Å². The van der Waals surface area contributed by atoms with Crippen LogP contribution in [0.25, 0.3) is 0 Å². The molecule has 1 heterocycles. The average molecular weight is 475 g/mol. The van der Waals surface area contributed by atoms with Crippen molar-refractivity contribution in [1.29, 1.82) is 0 Å². The predicted octanol–water partition coefficient (Wildman–Crippen LogP) is 4.95. The molecule has 8 heteroatoms. The molecule has 0 aliphatic carbocycles. The van der Waals surface area contributed by atoms with Crippen LogP contribution in [0.5, 0.6) is 5.75 Å². The van der Waals surface area contributed by atoms with Crippen LogP contribution in [0.3, 0.4) is 0 Å². The molecule has 1 saturated heterocycles. The molecule has 30 heavy (non-hydrogen) atoms. The summed E-state index contributed by atoms with van der Waals surface area (Å²) in [6, 6.07) is 8.22. The Balaban J connectivity index is 2.03. The van der Waals surface area contributed by atoms with Crippen molar-refractivity contribution in [3.05, 3.63) is 71.1 Å². The van der Waals surface area contributed by atoms with Crippen molar-refractivity contribution in [2.24, 2.45) is 10.7 Å². The van der Waals surface area contributed by atoms with Gasteiger partial charge in [-0.15, -0.1) is 0 Å². The molecule has 2 aromatic carbocycles. The van der Waals surface area contributed by atoms with E-state index in [1.54, 1.807) is 31.3 Å². The van der Waals surface area contributed by atoms with Gasteiger partial charge in [-0.05, 0) is 30.3 Å². The highest BCUT2D eigenvalue weighted by Gasteiger charge is 2.21. The lowest BCUT2D eigenvalue weighted by Gasteiger charge is -2.20. The molecule has 4 N–H and O–H groups in total. The normalized spacial score (nSPS) is 16.2. The van der Waals surface area contributed by atoms with Crippen LogP contribution in [0, 0.1) is 5.82 Å². The topological polar surface area (TPSA) is 80.9 Å². The fourth-order valence-electron chi connectivity index (χ4n) is 2.97. The second kappa shape index (κ2) is 9.77. The molecule has 0 spiro atoms. The summed E-state index contributed by atoms with van der Waals surface area (Å²) in [5.74, 6) is 0.297. The van der Waals surface area contributed by atoms with E-state index < -0.39 is 5.82 Å². The van der Waals surface area contributed by atoms with Gasteiger partial charge in [-0.2, -0.15) is 0 Å². The van der Waals surface area contributed by atoms with Gasteiger partial charge >= 0.3 is 0 Å². The standard InChI is InChI=1S/C22H24BrFN4O2/c1-4-13(2)27-20-10-16(22(25)28-18-6-5-14(23)9-17(18)24)19(26-3)11-21(20)30-15-7-8-29-12-15/h4-6,9-11,15,26-27H,1-2,7-8,12H2,3H3,(H2,25,28)/t15-/m1/s1. The second-order valence-electron chi connectivity index (χ2n) is 6.69. The van der Waals surface area contributed by atoms with E-state index in [4.69, 9.17) is 15.2 Å². The van der Waals surface area contributed by atoms with Crippen molar-refractivity contribution >= 4 is 38.8 Å². The molecule has 1 aliphatic rings. The highest BCUT2D eigenvalue weighted by Crippen LogP contribution is 2.35. The van der Waals surface area contributed by atoms with E-state index in [-0.39, 0.29) is 17.6 Å². The summed E-state index contributed by atoms with van der Waals surface area (Å²) in [4.78, 5) is 4.28. The molecule has 0 unspecified atom stereocenters. The number of nitrogens with two attached hydrogens (primary N) is 1. The van der Waals surface area contributed by atoms with Crippen LogP contribution in [0.15, 0.2) is 64.7 Å². The van der Waals surface area contributed by atoms with Crippen LogP contribution in [-0.4, -0.2) is 32.2 Å². The molecule has 3 rings (SSSR count). The van der Waals surface area contributed by atoms with Gasteiger partial charge in [0.15, 0.2) is 0 Å². The van der Waals surface area contributed by atoms with Crippen LogP contribution in [0.2, 0.25) is 0 Å². The van der Waals surface area contributed by atoms with Gasteiger partial charge in [-0.3, -0.25) is 0 Å². The van der Waals surface area contributed by atoms with Crippen LogP contribution >= 0.6 is 15.9 Å². The van der Waals surface area contributed by atoms with Crippen molar-refractivity contribution in [1.82, 2.24) is 0 Å². The Morgan fingerprint density at radius 1 is 1.37 bits per heavy atom. The number of amidine groups is 1.